The van der Waals surface area contributed by atoms with Crippen LogP contribution in [0.3, 0.4) is 0 Å². The Balaban J connectivity index is 1.70. The van der Waals surface area contributed by atoms with Crippen LogP contribution in [0.25, 0.3) is 10.8 Å². The van der Waals surface area contributed by atoms with Gasteiger partial charge >= 0.3 is 0 Å². The summed E-state index contributed by atoms with van der Waals surface area (Å²) in [4.78, 5) is 27.5. The first kappa shape index (κ1) is 22.7. The molecule has 2 aromatic carbocycles. The lowest BCUT2D eigenvalue weighted by atomic mass is 10.1. The smallest absolute Gasteiger partial charge is 0.258 e. The van der Waals surface area contributed by atoms with Crippen LogP contribution in [0.15, 0.2) is 64.4 Å². The highest BCUT2D eigenvalue weighted by atomic mass is 32.2. The zero-order valence-electron chi connectivity index (χ0n) is 18.0. The molecule has 8 heteroatoms. The Bertz CT molecular complexity index is 1250. The van der Waals surface area contributed by atoms with Crippen LogP contribution >= 0.6 is 0 Å². The summed E-state index contributed by atoms with van der Waals surface area (Å²) in [5.41, 5.74) is 1.40. The number of carbonyl (C=O) groups excluding carboxylic acids is 1. The minimum atomic E-state index is -3.24. The molecule has 3 aromatic rings. The van der Waals surface area contributed by atoms with E-state index in [4.69, 9.17) is 0 Å². The van der Waals surface area contributed by atoms with Crippen molar-refractivity contribution in [1.82, 2.24) is 9.47 Å². The van der Waals surface area contributed by atoms with E-state index in [1.807, 2.05) is 25.1 Å². The predicted molar refractivity (Wildman–Crippen MR) is 123 cm³/mol. The summed E-state index contributed by atoms with van der Waals surface area (Å²) in [6.07, 6.45) is 3.65. The van der Waals surface area contributed by atoms with E-state index in [-0.39, 0.29) is 22.8 Å². The lowest BCUT2D eigenvalue weighted by Crippen LogP contribution is -2.26. The number of pyridine rings is 1. The van der Waals surface area contributed by atoms with Gasteiger partial charge in [-0.3, -0.25) is 9.59 Å². The van der Waals surface area contributed by atoms with E-state index >= 15 is 0 Å². The van der Waals surface area contributed by atoms with Crippen LogP contribution in [0.5, 0.6) is 0 Å². The second kappa shape index (κ2) is 9.45. The minimum absolute atomic E-state index is 0.0820. The fourth-order valence-electron chi connectivity index (χ4n) is 3.28. The third-order valence-electron chi connectivity index (χ3n) is 5.07. The van der Waals surface area contributed by atoms with Gasteiger partial charge in [-0.25, -0.2) is 8.42 Å². The van der Waals surface area contributed by atoms with Gasteiger partial charge in [0.05, 0.1) is 4.90 Å². The molecule has 1 amide bonds. The quantitative estimate of drug-likeness (QED) is 0.580. The average Bonchev–Trinajstić information content (AvgIpc) is 2.72. The molecule has 0 atom stereocenters. The summed E-state index contributed by atoms with van der Waals surface area (Å²) in [7, 11) is 0.680. The Morgan fingerprint density at radius 2 is 1.74 bits per heavy atom. The second-order valence-electron chi connectivity index (χ2n) is 7.85. The average molecular weight is 442 g/mol. The molecule has 0 spiro atoms. The third kappa shape index (κ3) is 5.80. The monoisotopic (exact) mass is 441 g/mol. The van der Waals surface area contributed by atoms with E-state index in [9.17, 15) is 18.0 Å². The van der Waals surface area contributed by atoms with Crippen molar-refractivity contribution >= 4 is 32.2 Å². The van der Waals surface area contributed by atoms with Crippen molar-refractivity contribution in [2.75, 3.05) is 32.2 Å². The van der Waals surface area contributed by atoms with E-state index in [1.54, 1.807) is 53.2 Å². The van der Waals surface area contributed by atoms with Crippen LogP contribution in [0.1, 0.15) is 12.0 Å². The first-order chi connectivity index (χ1) is 14.6. The maximum atomic E-state index is 12.8. The van der Waals surface area contributed by atoms with Gasteiger partial charge in [-0.15, -0.1) is 0 Å². The maximum Gasteiger partial charge on any atom is 0.258 e. The molecule has 1 heterocycles. The standard InChI is InChI=1S/C23H27N3O4S/c1-25(2)15-16-26-14-13-19-20(23(26)28)5-4-6-21(19)24-22(27)12-9-17-7-10-18(11-8-17)31(3,29)30/h4-8,10-11,13-14H,9,12,15-16H2,1-3H3,(H,24,27). The highest BCUT2D eigenvalue weighted by Crippen LogP contribution is 2.21. The molecule has 0 aliphatic carbocycles. The number of rotatable bonds is 8. The van der Waals surface area contributed by atoms with Crippen LogP contribution in [0.4, 0.5) is 5.69 Å². The predicted octanol–water partition coefficient (Wildman–Crippen LogP) is 2.54. The molecule has 31 heavy (non-hydrogen) atoms. The van der Waals surface area contributed by atoms with E-state index in [1.165, 1.54) is 0 Å². The molecule has 0 bridgehead atoms. The number of nitrogens with one attached hydrogen (secondary N) is 1. The molecule has 0 saturated carbocycles. The molecule has 0 saturated heterocycles. The van der Waals surface area contributed by atoms with Gasteiger partial charge in [0.1, 0.15) is 0 Å². The molecule has 7 nitrogen and oxygen atoms in total. The number of nitrogens with zero attached hydrogens (tertiary/aromatic N) is 2. The number of likely N-dealkylation sites (N-methyl/N-ethyl adjacent to an activating group) is 1. The Labute approximate surface area is 182 Å². The van der Waals surface area contributed by atoms with Gasteiger partial charge < -0.3 is 14.8 Å². The van der Waals surface area contributed by atoms with Gasteiger partial charge in [0, 0.05) is 48.4 Å². The van der Waals surface area contributed by atoms with Crippen molar-refractivity contribution in [2.45, 2.75) is 24.3 Å². The normalized spacial score (nSPS) is 11.7. The van der Waals surface area contributed by atoms with Gasteiger partial charge in [-0.05, 0) is 56.4 Å². The summed E-state index contributed by atoms with van der Waals surface area (Å²) < 4.78 is 24.8. The zero-order valence-corrected chi connectivity index (χ0v) is 18.8. The molecule has 1 aromatic heterocycles. The topological polar surface area (TPSA) is 88.5 Å². The summed E-state index contributed by atoms with van der Waals surface area (Å²) in [6, 6.07) is 13.7. The highest BCUT2D eigenvalue weighted by Gasteiger charge is 2.11. The lowest BCUT2D eigenvalue weighted by molar-refractivity contribution is -0.116. The van der Waals surface area contributed by atoms with Gasteiger partial charge in [0.15, 0.2) is 9.84 Å². The molecule has 1 N–H and O–H groups in total. The fraction of sp³-hybridized carbons (Fsp3) is 0.304. The number of aromatic nitrogens is 1. The second-order valence-corrected chi connectivity index (χ2v) is 9.86. The number of anilines is 1. The Morgan fingerprint density at radius 3 is 2.39 bits per heavy atom. The molecule has 0 fully saturated rings. The van der Waals surface area contributed by atoms with Crippen molar-refractivity contribution in [2.24, 2.45) is 0 Å². The fourth-order valence-corrected chi connectivity index (χ4v) is 3.92. The molecular weight excluding hydrogens is 414 g/mol. The zero-order chi connectivity index (χ0) is 22.6. The van der Waals surface area contributed by atoms with Crippen LogP contribution in [-0.4, -0.2) is 50.7 Å². The van der Waals surface area contributed by atoms with Crippen molar-refractivity contribution in [3.63, 3.8) is 0 Å². The van der Waals surface area contributed by atoms with Crippen LogP contribution in [0, 0.1) is 0 Å². The number of fused-ring (bicyclic) bond motifs is 1. The Hall–Kier alpha value is -2.97. The number of hydrogen-bond acceptors (Lipinski definition) is 5. The lowest BCUT2D eigenvalue weighted by Gasteiger charge is -2.13. The van der Waals surface area contributed by atoms with E-state index in [2.05, 4.69) is 5.32 Å². The number of hydrogen-bond donors (Lipinski definition) is 1. The molecule has 0 radical (unpaired) electrons. The number of carbonyl (C=O) groups is 1. The third-order valence-corrected chi connectivity index (χ3v) is 6.20. The van der Waals surface area contributed by atoms with Crippen LogP contribution in [0.2, 0.25) is 0 Å². The SMILES string of the molecule is CN(C)CCn1ccc2c(NC(=O)CCc3ccc(S(C)(=O)=O)cc3)cccc2c1=O. The van der Waals surface area contributed by atoms with Gasteiger partial charge in [-0.2, -0.15) is 0 Å². The Kier molecular flexibility index (Phi) is 6.92. The van der Waals surface area contributed by atoms with E-state index < -0.39 is 9.84 Å². The molecule has 0 unspecified atom stereocenters. The summed E-state index contributed by atoms with van der Waals surface area (Å²) in [6.45, 7) is 1.35. The van der Waals surface area contributed by atoms with Gasteiger partial charge in [0.2, 0.25) is 5.91 Å². The molecular formula is C23H27N3O4S. The largest absolute Gasteiger partial charge is 0.326 e. The van der Waals surface area contributed by atoms with Crippen LogP contribution < -0.4 is 10.9 Å². The summed E-state index contributed by atoms with van der Waals surface area (Å²) in [5, 5.41) is 4.17. The summed E-state index contributed by atoms with van der Waals surface area (Å²) in [5.74, 6) is -0.170. The van der Waals surface area contributed by atoms with E-state index in [0.717, 1.165) is 18.4 Å². The number of aryl methyl sites for hydroxylation is 1. The van der Waals surface area contributed by atoms with Crippen molar-refractivity contribution < 1.29 is 13.2 Å². The van der Waals surface area contributed by atoms with Crippen molar-refractivity contribution in [3.8, 4) is 0 Å². The highest BCUT2D eigenvalue weighted by molar-refractivity contribution is 7.90. The minimum Gasteiger partial charge on any atom is -0.326 e. The number of sulfone groups is 1. The maximum absolute atomic E-state index is 12.8. The first-order valence-electron chi connectivity index (χ1n) is 10.0. The molecule has 164 valence electrons. The molecule has 0 aliphatic rings. The molecule has 3 rings (SSSR count). The Morgan fingerprint density at radius 1 is 1.03 bits per heavy atom. The van der Waals surface area contributed by atoms with Gasteiger partial charge in [0.25, 0.3) is 5.56 Å². The van der Waals surface area contributed by atoms with Gasteiger partial charge in [-0.1, -0.05) is 18.2 Å². The summed E-state index contributed by atoms with van der Waals surface area (Å²) >= 11 is 0. The van der Waals surface area contributed by atoms with Crippen molar-refractivity contribution in [3.05, 3.63) is 70.6 Å². The van der Waals surface area contributed by atoms with E-state index in [0.29, 0.717) is 29.4 Å². The van der Waals surface area contributed by atoms with Crippen molar-refractivity contribution in [1.29, 1.82) is 0 Å². The first-order valence-corrected chi connectivity index (χ1v) is 11.9. The molecule has 0 aliphatic heterocycles. The number of benzene rings is 2. The van der Waals surface area contributed by atoms with Crippen LogP contribution in [-0.2, 0) is 27.6 Å². The number of amides is 1.